The van der Waals surface area contributed by atoms with Crippen LogP contribution in [0.1, 0.15) is 30.6 Å². The smallest absolute Gasteiger partial charge is 0.317 e. The van der Waals surface area contributed by atoms with E-state index in [0.717, 1.165) is 0 Å². The van der Waals surface area contributed by atoms with Crippen molar-refractivity contribution in [1.29, 1.82) is 0 Å². The maximum Gasteiger partial charge on any atom is 0.317 e. The summed E-state index contributed by atoms with van der Waals surface area (Å²) in [5, 5.41) is 2.93. The van der Waals surface area contributed by atoms with E-state index in [1.54, 1.807) is 33.9 Å². The Morgan fingerprint density at radius 3 is 2.26 bits per heavy atom. The van der Waals surface area contributed by atoms with Crippen molar-refractivity contribution >= 4 is 17.8 Å². The molecule has 2 fully saturated rings. The maximum absolute atomic E-state index is 13.0. The van der Waals surface area contributed by atoms with Gasteiger partial charge in [-0.1, -0.05) is 18.2 Å². The second kappa shape index (κ2) is 7.58. The van der Waals surface area contributed by atoms with Crippen LogP contribution in [0, 0.1) is 5.41 Å². The van der Waals surface area contributed by atoms with Crippen molar-refractivity contribution in [2.45, 2.75) is 26.3 Å². The van der Waals surface area contributed by atoms with Gasteiger partial charge < -0.3 is 20.0 Å². The van der Waals surface area contributed by atoms with Gasteiger partial charge in [0.25, 0.3) is 5.91 Å². The third-order valence-electron chi connectivity index (χ3n) is 5.22. The Hall–Kier alpha value is -2.57. The van der Waals surface area contributed by atoms with Crippen molar-refractivity contribution in [3.63, 3.8) is 0 Å². The number of carbonyl (C=O) groups is 3. The summed E-state index contributed by atoms with van der Waals surface area (Å²) in [6.45, 7) is 6.25. The molecule has 27 heavy (non-hydrogen) atoms. The molecule has 146 valence electrons. The van der Waals surface area contributed by atoms with Gasteiger partial charge in [0.05, 0.1) is 0 Å². The number of benzene rings is 1. The molecule has 0 aromatic heterocycles. The molecule has 1 spiro atoms. The van der Waals surface area contributed by atoms with Crippen LogP contribution in [0.15, 0.2) is 30.3 Å². The van der Waals surface area contributed by atoms with Crippen molar-refractivity contribution in [3.05, 3.63) is 35.9 Å². The average molecular weight is 372 g/mol. The summed E-state index contributed by atoms with van der Waals surface area (Å²) in [5.41, 5.74) is 0.201. The van der Waals surface area contributed by atoms with Gasteiger partial charge in [-0.05, 0) is 26.0 Å². The van der Waals surface area contributed by atoms with E-state index in [1.165, 1.54) is 0 Å². The first kappa shape index (κ1) is 19.2. The van der Waals surface area contributed by atoms with Crippen LogP contribution in [-0.2, 0) is 4.79 Å². The molecule has 2 heterocycles. The Morgan fingerprint density at radius 2 is 1.67 bits per heavy atom. The van der Waals surface area contributed by atoms with Gasteiger partial charge in [-0.2, -0.15) is 0 Å². The summed E-state index contributed by atoms with van der Waals surface area (Å²) in [4.78, 5) is 43.2. The monoisotopic (exact) mass is 372 g/mol. The molecule has 1 N–H and O–H groups in total. The number of nitrogens with zero attached hydrogens (tertiary/aromatic N) is 3. The van der Waals surface area contributed by atoms with E-state index in [0.29, 0.717) is 44.7 Å². The zero-order valence-corrected chi connectivity index (χ0v) is 16.3. The SMILES string of the molecule is CC(C)NC(=O)N1CCN(C(=O)c2ccccc2)C[C@]2(CC(=O)N(C)C2)C1. The minimum Gasteiger partial charge on any atom is -0.345 e. The summed E-state index contributed by atoms with van der Waals surface area (Å²) < 4.78 is 0. The Morgan fingerprint density at radius 1 is 1.04 bits per heavy atom. The molecule has 2 aliphatic heterocycles. The third kappa shape index (κ3) is 4.23. The average Bonchev–Trinajstić information content (AvgIpc) is 2.79. The first-order valence-corrected chi connectivity index (χ1v) is 9.43. The lowest BCUT2D eigenvalue weighted by Gasteiger charge is -2.33. The zero-order chi connectivity index (χ0) is 19.6. The summed E-state index contributed by atoms with van der Waals surface area (Å²) in [7, 11) is 1.78. The molecule has 4 amide bonds. The molecule has 0 saturated carbocycles. The second-order valence-corrected chi connectivity index (χ2v) is 8.05. The summed E-state index contributed by atoms with van der Waals surface area (Å²) in [6, 6.07) is 9.06. The molecule has 7 heteroatoms. The van der Waals surface area contributed by atoms with E-state index in [2.05, 4.69) is 5.32 Å². The minimum absolute atomic E-state index is 0.0339. The van der Waals surface area contributed by atoms with Crippen LogP contribution in [0.5, 0.6) is 0 Å². The van der Waals surface area contributed by atoms with E-state index >= 15 is 0 Å². The zero-order valence-electron chi connectivity index (χ0n) is 16.3. The van der Waals surface area contributed by atoms with Crippen molar-refractivity contribution < 1.29 is 14.4 Å². The summed E-state index contributed by atoms with van der Waals surface area (Å²) in [6.07, 6.45) is 0.355. The van der Waals surface area contributed by atoms with E-state index in [1.807, 2.05) is 32.0 Å². The van der Waals surface area contributed by atoms with E-state index in [-0.39, 0.29) is 23.9 Å². The number of hydrogen-bond acceptors (Lipinski definition) is 3. The number of hydrogen-bond donors (Lipinski definition) is 1. The normalized spacial score (nSPS) is 23.1. The highest BCUT2D eigenvalue weighted by Crippen LogP contribution is 2.34. The molecule has 1 aromatic carbocycles. The van der Waals surface area contributed by atoms with Gasteiger partial charge in [-0.3, -0.25) is 9.59 Å². The minimum atomic E-state index is -0.429. The van der Waals surface area contributed by atoms with Crippen LogP contribution >= 0.6 is 0 Å². The first-order chi connectivity index (χ1) is 12.8. The Kier molecular flexibility index (Phi) is 5.39. The number of likely N-dealkylation sites (tertiary alicyclic amines) is 1. The largest absolute Gasteiger partial charge is 0.345 e. The lowest BCUT2D eigenvalue weighted by Crippen LogP contribution is -2.49. The van der Waals surface area contributed by atoms with Crippen molar-refractivity contribution in [1.82, 2.24) is 20.0 Å². The van der Waals surface area contributed by atoms with Crippen LogP contribution < -0.4 is 5.32 Å². The Bertz CT molecular complexity index is 721. The van der Waals surface area contributed by atoms with Crippen LogP contribution in [0.3, 0.4) is 0 Å². The molecule has 0 radical (unpaired) electrons. The number of carbonyl (C=O) groups excluding carboxylic acids is 3. The molecule has 3 rings (SSSR count). The number of nitrogens with one attached hydrogen (secondary N) is 1. The summed E-state index contributed by atoms with van der Waals surface area (Å²) >= 11 is 0. The molecule has 0 aliphatic carbocycles. The highest BCUT2D eigenvalue weighted by atomic mass is 16.2. The number of urea groups is 1. The predicted octanol–water partition coefficient (Wildman–Crippen LogP) is 1.41. The molecule has 2 saturated heterocycles. The fourth-order valence-corrected chi connectivity index (χ4v) is 4.02. The van der Waals surface area contributed by atoms with Gasteiger partial charge in [0, 0.05) is 63.2 Å². The van der Waals surface area contributed by atoms with Gasteiger partial charge in [0.2, 0.25) is 5.91 Å². The quantitative estimate of drug-likeness (QED) is 0.853. The molecule has 1 atom stereocenters. The maximum atomic E-state index is 13.0. The molecule has 0 unspecified atom stereocenters. The number of amides is 4. The highest BCUT2D eigenvalue weighted by molar-refractivity contribution is 5.94. The topological polar surface area (TPSA) is 73.0 Å². The lowest BCUT2D eigenvalue weighted by atomic mass is 9.86. The van der Waals surface area contributed by atoms with Crippen LogP contribution in [0.2, 0.25) is 0 Å². The van der Waals surface area contributed by atoms with Gasteiger partial charge >= 0.3 is 6.03 Å². The van der Waals surface area contributed by atoms with Crippen molar-refractivity contribution in [2.24, 2.45) is 5.41 Å². The van der Waals surface area contributed by atoms with Crippen molar-refractivity contribution in [2.75, 3.05) is 39.8 Å². The van der Waals surface area contributed by atoms with Crippen LogP contribution in [0.25, 0.3) is 0 Å². The standard InChI is InChI=1S/C20H28N4O3/c1-15(2)21-19(27)24-10-9-23(18(26)16-7-5-4-6-8-16)13-20(14-24)11-17(25)22(3)12-20/h4-8,15H,9-14H2,1-3H3,(H,21,27)/t20-/m1/s1. The highest BCUT2D eigenvalue weighted by Gasteiger charge is 2.47. The fourth-order valence-electron chi connectivity index (χ4n) is 4.02. The lowest BCUT2D eigenvalue weighted by molar-refractivity contribution is -0.126. The first-order valence-electron chi connectivity index (χ1n) is 9.43. The Labute approximate surface area is 160 Å². The van der Waals surface area contributed by atoms with Gasteiger partial charge in [-0.15, -0.1) is 0 Å². The number of rotatable bonds is 2. The van der Waals surface area contributed by atoms with E-state index < -0.39 is 5.41 Å². The molecule has 7 nitrogen and oxygen atoms in total. The molecular weight excluding hydrogens is 344 g/mol. The summed E-state index contributed by atoms with van der Waals surface area (Å²) in [5.74, 6) is 0.0105. The van der Waals surface area contributed by atoms with E-state index in [4.69, 9.17) is 0 Å². The van der Waals surface area contributed by atoms with Crippen LogP contribution in [0.4, 0.5) is 4.79 Å². The van der Waals surface area contributed by atoms with Crippen LogP contribution in [-0.4, -0.2) is 78.4 Å². The molecule has 0 bridgehead atoms. The molecular formula is C20H28N4O3. The van der Waals surface area contributed by atoms with E-state index in [9.17, 15) is 14.4 Å². The second-order valence-electron chi connectivity index (χ2n) is 8.05. The fraction of sp³-hybridized carbons (Fsp3) is 0.550. The molecule has 2 aliphatic rings. The van der Waals surface area contributed by atoms with Crippen molar-refractivity contribution in [3.8, 4) is 0 Å². The third-order valence-corrected chi connectivity index (χ3v) is 5.22. The predicted molar refractivity (Wildman–Crippen MR) is 102 cm³/mol. The van der Waals surface area contributed by atoms with Gasteiger partial charge in [-0.25, -0.2) is 4.79 Å². The van der Waals surface area contributed by atoms with Gasteiger partial charge in [0.1, 0.15) is 0 Å². The molecule has 1 aromatic rings. The van der Waals surface area contributed by atoms with Gasteiger partial charge in [0.15, 0.2) is 0 Å². The Balaban J connectivity index is 1.85.